The highest BCUT2D eigenvalue weighted by Crippen LogP contribution is 2.21. The summed E-state index contributed by atoms with van der Waals surface area (Å²) in [6.45, 7) is 3.46. The largest absolute Gasteiger partial charge is 0.508 e. The normalized spacial score (nSPS) is 10.2. The molecule has 0 aliphatic heterocycles. The van der Waals surface area contributed by atoms with E-state index < -0.39 is 0 Å². The van der Waals surface area contributed by atoms with Crippen molar-refractivity contribution in [2.75, 3.05) is 5.32 Å². The Hall–Kier alpha value is -2.30. The van der Waals surface area contributed by atoms with Gasteiger partial charge in [-0.15, -0.1) is 0 Å². The van der Waals surface area contributed by atoms with E-state index in [1.165, 1.54) is 12.5 Å². The Kier molecular flexibility index (Phi) is 2.82. The summed E-state index contributed by atoms with van der Waals surface area (Å²) < 4.78 is 4.97. The van der Waals surface area contributed by atoms with Crippen molar-refractivity contribution in [3.8, 4) is 5.75 Å². The molecule has 1 amide bonds. The van der Waals surface area contributed by atoms with E-state index in [0.717, 1.165) is 5.56 Å². The molecule has 0 aliphatic carbocycles. The molecule has 0 bridgehead atoms. The second kappa shape index (κ2) is 4.29. The van der Waals surface area contributed by atoms with E-state index in [1.54, 1.807) is 26.0 Å². The van der Waals surface area contributed by atoms with E-state index in [1.807, 2.05) is 0 Å². The number of benzene rings is 1. The lowest BCUT2D eigenvalue weighted by atomic mass is 10.2. The molecular formula is C12H12N2O3. The quantitative estimate of drug-likeness (QED) is 0.832. The van der Waals surface area contributed by atoms with Crippen molar-refractivity contribution in [2.45, 2.75) is 13.8 Å². The molecule has 1 aromatic heterocycles. The first-order chi connectivity index (χ1) is 8.08. The van der Waals surface area contributed by atoms with Gasteiger partial charge in [-0.25, -0.2) is 4.98 Å². The van der Waals surface area contributed by atoms with Crippen LogP contribution in [0.1, 0.15) is 21.8 Å². The first-order valence-corrected chi connectivity index (χ1v) is 5.09. The van der Waals surface area contributed by atoms with E-state index in [0.29, 0.717) is 11.4 Å². The zero-order valence-electron chi connectivity index (χ0n) is 9.52. The predicted octanol–water partition coefficient (Wildman–Crippen LogP) is 2.25. The summed E-state index contributed by atoms with van der Waals surface area (Å²) in [7, 11) is 0. The number of aryl methyl sites for hydroxylation is 2. The third kappa shape index (κ3) is 2.28. The number of carbonyl (C=O) groups is 1. The maximum Gasteiger partial charge on any atom is 0.293 e. The minimum Gasteiger partial charge on any atom is -0.508 e. The Morgan fingerprint density at radius 2 is 2.18 bits per heavy atom. The summed E-state index contributed by atoms with van der Waals surface area (Å²) in [5.41, 5.74) is 1.78. The zero-order chi connectivity index (χ0) is 12.4. The van der Waals surface area contributed by atoms with Crippen LogP contribution in [0.2, 0.25) is 0 Å². The Bertz CT molecular complexity index is 561. The Labute approximate surface area is 98.1 Å². The molecule has 0 saturated carbocycles. The number of amides is 1. The number of oxazole rings is 1. The summed E-state index contributed by atoms with van der Waals surface area (Å²) in [5.74, 6) is -0.0783. The van der Waals surface area contributed by atoms with Gasteiger partial charge in [-0.05, 0) is 25.5 Å². The number of carbonyl (C=O) groups excluding carboxylic acids is 1. The number of anilines is 1. The van der Waals surface area contributed by atoms with E-state index in [4.69, 9.17) is 4.42 Å². The predicted molar refractivity (Wildman–Crippen MR) is 62.0 cm³/mol. The molecule has 5 nitrogen and oxygen atoms in total. The van der Waals surface area contributed by atoms with Crippen LogP contribution in [0.5, 0.6) is 5.75 Å². The molecule has 0 radical (unpaired) electrons. The molecule has 0 fully saturated rings. The lowest BCUT2D eigenvalue weighted by Crippen LogP contribution is -2.12. The summed E-state index contributed by atoms with van der Waals surface area (Å²) in [4.78, 5) is 15.6. The van der Waals surface area contributed by atoms with Crippen LogP contribution in [-0.4, -0.2) is 16.0 Å². The van der Waals surface area contributed by atoms with Crippen molar-refractivity contribution >= 4 is 11.6 Å². The maximum atomic E-state index is 11.8. The third-order valence-electron chi connectivity index (χ3n) is 2.42. The molecular weight excluding hydrogens is 220 g/mol. The molecule has 88 valence electrons. The number of rotatable bonds is 2. The lowest BCUT2D eigenvalue weighted by Gasteiger charge is -2.05. The lowest BCUT2D eigenvalue weighted by molar-refractivity contribution is 0.0996. The molecule has 0 aliphatic rings. The first-order valence-electron chi connectivity index (χ1n) is 5.09. The van der Waals surface area contributed by atoms with Crippen LogP contribution in [0.3, 0.4) is 0 Å². The van der Waals surface area contributed by atoms with Crippen LogP contribution < -0.4 is 5.32 Å². The van der Waals surface area contributed by atoms with Crippen molar-refractivity contribution < 1.29 is 14.3 Å². The van der Waals surface area contributed by atoms with Crippen LogP contribution >= 0.6 is 0 Å². The highest BCUT2D eigenvalue weighted by molar-refractivity contribution is 6.02. The molecule has 0 spiro atoms. The van der Waals surface area contributed by atoms with Gasteiger partial charge >= 0.3 is 0 Å². The molecule has 2 rings (SSSR count). The summed E-state index contributed by atoms with van der Waals surface area (Å²) in [6.07, 6.45) is 1.22. The number of nitrogens with one attached hydrogen (secondary N) is 1. The fourth-order valence-electron chi connectivity index (χ4n) is 1.39. The van der Waals surface area contributed by atoms with Crippen molar-refractivity contribution in [2.24, 2.45) is 0 Å². The van der Waals surface area contributed by atoms with Crippen LogP contribution in [0.4, 0.5) is 5.69 Å². The molecule has 17 heavy (non-hydrogen) atoms. The van der Waals surface area contributed by atoms with Crippen LogP contribution in [-0.2, 0) is 0 Å². The van der Waals surface area contributed by atoms with Gasteiger partial charge in [0.15, 0.2) is 6.39 Å². The Morgan fingerprint density at radius 1 is 1.41 bits per heavy atom. The highest BCUT2D eigenvalue weighted by atomic mass is 16.3. The van der Waals surface area contributed by atoms with Gasteiger partial charge in [0.1, 0.15) is 5.75 Å². The number of aromatic hydroxyl groups is 1. The standard InChI is InChI=1S/C12H12N2O3/c1-7-3-4-9(5-10(7)15)14-12(16)11-8(2)13-6-17-11/h3-6,15H,1-2H3,(H,14,16). The van der Waals surface area contributed by atoms with Gasteiger partial charge in [-0.1, -0.05) is 6.07 Å². The summed E-state index contributed by atoms with van der Waals surface area (Å²) in [5, 5.41) is 12.1. The van der Waals surface area contributed by atoms with Crippen molar-refractivity contribution in [1.29, 1.82) is 0 Å². The second-order valence-corrected chi connectivity index (χ2v) is 3.72. The Morgan fingerprint density at radius 3 is 2.76 bits per heavy atom. The van der Waals surface area contributed by atoms with Crippen molar-refractivity contribution in [3.63, 3.8) is 0 Å². The number of nitrogens with zero attached hydrogens (tertiary/aromatic N) is 1. The number of phenols is 1. The number of phenolic OH excluding ortho intramolecular Hbond substituents is 1. The van der Waals surface area contributed by atoms with Crippen LogP contribution in [0.25, 0.3) is 0 Å². The minimum atomic E-state index is -0.386. The van der Waals surface area contributed by atoms with Gasteiger partial charge in [-0.2, -0.15) is 0 Å². The monoisotopic (exact) mass is 232 g/mol. The molecule has 0 atom stereocenters. The van der Waals surface area contributed by atoms with Crippen LogP contribution in [0, 0.1) is 13.8 Å². The van der Waals surface area contributed by atoms with Gasteiger partial charge in [0.25, 0.3) is 5.91 Å². The molecule has 2 aromatic rings. The van der Waals surface area contributed by atoms with Gasteiger partial charge in [0, 0.05) is 11.8 Å². The second-order valence-electron chi connectivity index (χ2n) is 3.72. The van der Waals surface area contributed by atoms with E-state index >= 15 is 0 Å². The molecule has 0 unspecified atom stereocenters. The number of hydrogen-bond donors (Lipinski definition) is 2. The highest BCUT2D eigenvalue weighted by Gasteiger charge is 2.14. The molecule has 1 aromatic carbocycles. The Balaban J connectivity index is 2.19. The van der Waals surface area contributed by atoms with Gasteiger partial charge in [0.2, 0.25) is 5.76 Å². The molecule has 5 heteroatoms. The average molecular weight is 232 g/mol. The van der Waals surface area contributed by atoms with Gasteiger partial charge in [-0.3, -0.25) is 4.79 Å². The van der Waals surface area contributed by atoms with E-state index in [9.17, 15) is 9.90 Å². The van der Waals surface area contributed by atoms with E-state index in [2.05, 4.69) is 10.3 Å². The van der Waals surface area contributed by atoms with Gasteiger partial charge in [0.05, 0.1) is 5.69 Å². The SMILES string of the molecule is Cc1ccc(NC(=O)c2ocnc2C)cc1O. The topological polar surface area (TPSA) is 75.4 Å². The average Bonchev–Trinajstić information content (AvgIpc) is 2.70. The minimum absolute atomic E-state index is 0.136. The first kappa shape index (κ1) is 11.2. The fourth-order valence-corrected chi connectivity index (χ4v) is 1.39. The van der Waals surface area contributed by atoms with Gasteiger partial charge < -0.3 is 14.8 Å². The van der Waals surface area contributed by atoms with Crippen LogP contribution in [0.15, 0.2) is 29.0 Å². The summed E-state index contributed by atoms with van der Waals surface area (Å²) in [6, 6.07) is 4.91. The smallest absolute Gasteiger partial charge is 0.293 e. The summed E-state index contributed by atoms with van der Waals surface area (Å²) >= 11 is 0. The molecule has 1 heterocycles. The van der Waals surface area contributed by atoms with Crippen molar-refractivity contribution in [3.05, 3.63) is 41.6 Å². The van der Waals surface area contributed by atoms with Crippen molar-refractivity contribution in [1.82, 2.24) is 4.98 Å². The maximum absolute atomic E-state index is 11.8. The number of aromatic nitrogens is 1. The zero-order valence-corrected chi connectivity index (χ0v) is 9.52. The fraction of sp³-hybridized carbons (Fsp3) is 0.167. The van der Waals surface area contributed by atoms with E-state index in [-0.39, 0.29) is 17.4 Å². The number of hydrogen-bond acceptors (Lipinski definition) is 4. The third-order valence-corrected chi connectivity index (χ3v) is 2.42. The molecule has 0 saturated heterocycles. The molecule has 2 N–H and O–H groups in total.